The van der Waals surface area contributed by atoms with E-state index in [9.17, 15) is 0 Å². The maximum atomic E-state index is 5.39. The van der Waals surface area contributed by atoms with Gasteiger partial charge in [-0.15, -0.1) is 23.1 Å². The second-order valence-corrected chi connectivity index (χ2v) is 7.71. The van der Waals surface area contributed by atoms with E-state index < -0.39 is 0 Å². The molecular weight excluding hydrogens is 376 g/mol. The molecule has 27 heavy (non-hydrogen) atoms. The standard InChI is InChI=1S/C21H18N2O2S2/c1-24-17-9-8-15(11-18(17)25-2)21-23-16(13-27-21)12-26-19-7-3-5-14-6-4-10-22-20(14)19/h3-11,13H,12H2,1-2H3. The third-order valence-corrected chi connectivity index (χ3v) is 6.17. The topological polar surface area (TPSA) is 44.2 Å². The Labute approximate surface area is 166 Å². The number of thiazole rings is 1. The van der Waals surface area contributed by atoms with Gasteiger partial charge in [-0.2, -0.15) is 0 Å². The molecule has 0 aliphatic heterocycles. The molecule has 0 fully saturated rings. The second-order valence-electron chi connectivity index (χ2n) is 5.83. The summed E-state index contributed by atoms with van der Waals surface area (Å²) in [5.41, 5.74) is 3.13. The normalized spacial score (nSPS) is 10.9. The van der Waals surface area contributed by atoms with Gasteiger partial charge in [0.1, 0.15) is 5.01 Å². The van der Waals surface area contributed by atoms with E-state index in [2.05, 4.69) is 34.6 Å². The van der Waals surface area contributed by atoms with Crippen LogP contribution in [0.15, 0.2) is 65.0 Å². The van der Waals surface area contributed by atoms with E-state index >= 15 is 0 Å². The van der Waals surface area contributed by atoms with E-state index in [1.165, 1.54) is 4.90 Å². The van der Waals surface area contributed by atoms with Gasteiger partial charge >= 0.3 is 0 Å². The zero-order valence-corrected chi connectivity index (χ0v) is 16.6. The van der Waals surface area contributed by atoms with Crippen LogP contribution in [0.2, 0.25) is 0 Å². The van der Waals surface area contributed by atoms with Crippen LogP contribution in [0, 0.1) is 0 Å². The fourth-order valence-corrected chi connectivity index (χ4v) is 4.68. The van der Waals surface area contributed by atoms with Crippen molar-refractivity contribution >= 4 is 34.0 Å². The molecule has 2 aromatic carbocycles. The Balaban J connectivity index is 1.53. The minimum absolute atomic E-state index is 0.711. The van der Waals surface area contributed by atoms with E-state index in [4.69, 9.17) is 14.5 Å². The summed E-state index contributed by atoms with van der Waals surface area (Å²) in [6.45, 7) is 0. The predicted molar refractivity (Wildman–Crippen MR) is 112 cm³/mol. The van der Waals surface area contributed by atoms with Gasteiger partial charge in [0.05, 0.1) is 25.4 Å². The average molecular weight is 395 g/mol. The number of fused-ring (bicyclic) bond motifs is 1. The number of rotatable bonds is 6. The number of aromatic nitrogens is 2. The fraction of sp³-hybridized carbons (Fsp3) is 0.143. The smallest absolute Gasteiger partial charge is 0.161 e. The van der Waals surface area contributed by atoms with Crippen molar-refractivity contribution < 1.29 is 9.47 Å². The summed E-state index contributed by atoms with van der Waals surface area (Å²) >= 11 is 3.40. The van der Waals surface area contributed by atoms with Gasteiger partial charge < -0.3 is 9.47 Å². The highest BCUT2D eigenvalue weighted by atomic mass is 32.2. The Morgan fingerprint density at radius 1 is 1.00 bits per heavy atom. The van der Waals surface area contributed by atoms with Gasteiger partial charge in [-0.3, -0.25) is 4.98 Å². The average Bonchev–Trinajstić information content (AvgIpc) is 3.20. The first-order valence-corrected chi connectivity index (χ1v) is 10.3. The lowest BCUT2D eigenvalue weighted by atomic mass is 10.2. The van der Waals surface area contributed by atoms with Crippen LogP contribution in [0.1, 0.15) is 5.69 Å². The van der Waals surface area contributed by atoms with Gasteiger partial charge in [0.15, 0.2) is 11.5 Å². The van der Waals surface area contributed by atoms with Crippen molar-refractivity contribution in [3.8, 4) is 22.1 Å². The van der Waals surface area contributed by atoms with E-state index in [1.54, 1.807) is 37.3 Å². The summed E-state index contributed by atoms with van der Waals surface area (Å²) in [5.74, 6) is 2.24. The van der Waals surface area contributed by atoms with Crippen molar-refractivity contribution in [1.29, 1.82) is 0 Å². The molecule has 0 radical (unpaired) electrons. The molecule has 4 aromatic rings. The highest BCUT2D eigenvalue weighted by Crippen LogP contribution is 2.35. The lowest BCUT2D eigenvalue weighted by molar-refractivity contribution is 0.355. The van der Waals surface area contributed by atoms with Crippen molar-refractivity contribution in [2.45, 2.75) is 10.6 Å². The second kappa shape index (κ2) is 7.98. The summed E-state index contributed by atoms with van der Waals surface area (Å²) in [6, 6.07) is 16.2. The number of ether oxygens (including phenoxy) is 2. The number of methoxy groups -OCH3 is 2. The molecular formula is C21H18N2O2S2. The highest BCUT2D eigenvalue weighted by Gasteiger charge is 2.10. The Bertz CT molecular complexity index is 1070. The van der Waals surface area contributed by atoms with Gasteiger partial charge in [0.25, 0.3) is 0 Å². The zero-order valence-electron chi connectivity index (χ0n) is 15.0. The molecule has 0 saturated carbocycles. The molecule has 4 nitrogen and oxygen atoms in total. The largest absolute Gasteiger partial charge is 0.493 e. The van der Waals surface area contributed by atoms with E-state index in [1.807, 2.05) is 30.5 Å². The number of para-hydroxylation sites is 1. The Hall–Kier alpha value is -2.57. The molecule has 2 heterocycles. The lowest BCUT2D eigenvalue weighted by Crippen LogP contribution is -1.91. The SMILES string of the molecule is COc1ccc(-c2nc(CSc3cccc4cccnc34)cs2)cc1OC. The molecule has 0 spiro atoms. The van der Waals surface area contributed by atoms with Crippen molar-refractivity contribution in [1.82, 2.24) is 9.97 Å². The third kappa shape index (κ3) is 3.77. The van der Waals surface area contributed by atoms with Crippen molar-refractivity contribution in [3.63, 3.8) is 0 Å². The molecule has 0 unspecified atom stereocenters. The van der Waals surface area contributed by atoms with Crippen molar-refractivity contribution in [3.05, 3.63) is 65.8 Å². The van der Waals surface area contributed by atoms with Crippen LogP contribution in [0.3, 0.4) is 0 Å². The summed E-state index contributed by atoms with van der Waals surface area (Å²) in [4.78, 5) is 10.5. The fourth-order valence-electron chi connectivity index (χ4n) is 2.82. The van der Waals surface area contributed by atoms with Crippen LogP contribution in [-0.2, 0) is 5.75 Å². The molecule has 0 atom stereocenters. The molecule has 0 amide bonds. The third-order valence-electron chi connectivity index (χ3n) is 4.15. The van der Waals surface area contributed by atoms with Crippen LogP contribution in [0.25, 0.3) is 21.5 Å². The molecule has 4 rings (SSSR count). The number of hydrogen-bond acceptors (Lipinski definition) is 6. The molecule has 2 aromatic heterocycles. The Kier molecular flexibility index (Phi) is 5.27. The zero-order chi connectivity index (χ0) is 18.6. The molecule has 0 aliphatic carbocycles. The first kappa shape index (κ1) is 17.8. The first-order chi connectivity index (χ1) is 13.3. The number of nitrogens with zero attached hydrogens (tertiary/aromatic N) is 2. The van der Waals surface area contributed by atoms with Crippen molar-refractivity contribution in [2.75, 3.05) is 14.2 Å². The summed E-state index contributed by atoms with van der Waals surface area (Å²) < 4.78 is 10.7. The van der Waals surface area contributed by atoms with Gasteiger partial charge in [0, 0.05) is 33.2 Å². The molecule has 0 aliphatic rings. The van der Waals surface area contributed by atoms with Crippen LogP contribution >= 0.6 is 23.1 Å². The molecule has 0 bridgehead atoms. The lowest BCUT2D eigenvalue weighted by Gasteiger charge is -2.08. The summed E-state index contributed by atoms with van der Waals surface area (Å²) in [5, 5.41) is 4.24. The van der Waals surface area contributed by atoms with E-state index in [0.717, 1.165) is 38.7 Å². The number of thioether (sulfide) groups is 1. The maximum absolute atomic E-state index is 5.39. The van der Waals surface area contributed by atoms with E-state index in [0.29, 0.717) is 5.75 Å². The number of hydrogen-bond donors (Lipinski definition) is 0. The van der Waals surface area contributed by atoms with Crippen LogP contribution in [-0.4, -0.2) is 24.2 Å². The minimum atomic E-state index is 0.711. The van der Waals surface area contributed by atoms with Gasteiger partial charge in [-0.05, 0) is 30.3 Å². The van der Waals surface area contributed by atoms with Crippen molar-refractivity contribution in [2.24, 2.45) is 0 Å². The summed E-state index contributed by atoms with van der Waals surface area (Å²) in [6.07, 6.45) is 1.84. The van der Waals surface area contributed by atoms with E-state index in [-0.39, 0.29) is 0 Å². The molecule has 6 heteroatoms. The van der Waals surface area contributed by atoms with Gasteiger partial charge in [0.2, 0.25) is 0 Å². The van der Waals surface area contributed by atoms with Gasteiger partial charge in [-0.25, -0.2) is 4.98 Å². The monoisotopic (exact) mass is 394 g/mol. The minimum Gasteiger partial charge on any atom is -0.493 e. The molecule has 0 saturated heterocycles. The predicted octanol–water partition coefficient (Wildman–Crippen LogP) is 5.67. The Morgan fingerprint density at radius 3 is 2.70 bits per heavy atom. The van der Waals surface area contributed by atoms with Gasteiger partial charge in [-0.1, -0.05) is 18.2 Å². The summed E-state index contributed by atoms with van der Waals surface area (Å²) in [7, 11) is 3.28. The molecule has 0 N–H and O–H groups in total. The highest BCUT2D eigenvalue weighted by molar-refractivity contribution is 7.98. The first-order valence-electron chi connectivity index (χ1n) is 8.42. The maximum Gasteiger partial charge on any atom is 0.161 e. The van der Waals surface area contributed by atoms with Crippen LogP contribution in [0.4, 0.5) is 0 Å². The number of pyridine rings is 1. The molecule has 136 valence electrons. The Morgan fingerprint density at radius 2 is 1.85 bits per heavy atom. The number of benzene rings is 2. The van der Waals surface area contributed by atoms with Crippen LogP contribution < -0.4 is 9.47 Å². The van der Waals surface area contributed by atoms with Crippen LogP contribution in [0.5, 0.6) is 11.5 Å². The quantitative estimate of drug-likeness (QED) is 0.394.